The van der Waals surface area contributed by atoms with Crippen LogP contribution in [0.4, 0.5) is 15.7 Å². The molecular weight excluding hydrogens is 438 g/mol. The van der Waals surface area contributed by atoms with Gasteiger partial charge in [-0.15, -0.1) is 0 Å². The van der Waals surface area contributed by atoms with Crippen LogP contribution < -0.4 is 10.2 Å². The second kappa shape index (κ2) is 9.35. The molecule has 8 nitrogen and oxygen atoms in total. The molecular formula is C21H24ClN5O3S. The third kappa shape index (κ3) is 5.07. The number of halogens is 1. The zero-order valence-electron chi connectivity index (χ0n) is 17.1. The molecule has 1 aliphatic rings. The lowest BCUT2D eigenvalue weighted by Crippen LogP contribution is -2.50. The van der Waals surface area contributed by atoms with E-state index in [4.69, 9.17) is 16.7 Å². The van der Waals surface area contributed by atoms with Gasteiger partial charge in [0.05, 0.1) is 28.0 Å². The number of piperazine rings is 1. The Kier molecular flexibility index (Phi) is 6.57. The van der Waals surface area contributed by atoms with Gasteiger partial charge in [-0.2, -0.15) is 0 Å². The number of hydrogen-bond acceptors (Lipinski definition) is 7. The molecule has 10 heteroatoms. The van der Waals surface area contributed by atoms with Crippen LogP contribution in [-0.2, 0) is 6.42 Å². The topological polar surface area (TPSA) is 102 Å². The van der Waals surface area contributed by atoms with E-state index >= 15 is 0 Å². The van der Waals surface area contributed by atoms with Crippen LogP contribution in [0.5, 0.6) is 0 Å². The molecule has 0 bridgehead atoms. The van der Waals surface area contributed by atoms with E-state index in [1.54, 1.807) is 17.2 Å². The number of nitrogens with zero attached hydrogens (tertiary/aromatic N) is 4. The number of hydrogen-bond donors (Lipinski definition) is 3. The highest BCUT2D eigenvalue weighted by Gasteiger charge is 2.24. The fraction of sp³-hybridized carbons (Fsp3) is 0.381. The average molecular weight is 462 g/mol. The summed E-state index contributed by atoms with van der Waals surface area (Å²) in [4.78, 5) is 25.4. The number of nitrogens with one attached hydrogen (secondary N) is 1. The number of amides is 2. The fourth-order valence-electron chi connectivity index (χ4n) is 3.53. The van der Waals surface area contributed by atoms with Gasteiger partial charge in [0.2, 0.25) is 0 Å². The Balaban J connectivity index is 1.35. The summed E-state index contributed by atoms with van der Waals surface area (Å²) in [6.45, 7) is 4.03. The minimum absolute atomic E-state index is 0.164. The second-order valence-electron chi connectivity index (χ2n) is 7.58. The number of aliphatic hydroxyl groups excluding tert-OH is 2. The number of aromatic nitrogens is 2. The standard InChI is InChI=1S/C21H24ClN5O3S/c1-13-2-3-17-18(8-13)31-20(24-17)25-21(30)27-6-4-26(5-7-27)19-16(22)10-14(11-23-19)9-15(29)12-28/h2-3,8,10-11,15,28-29H,4-7,9,12H2,1H3,(H,24,25,30)/t15-/m0/s1. The maximum absolute atomic E-state index is 12.7. The van der Waals surface area contributed by atoms with Crippen LogP contribution >= 0.6 is 22.9 Å². The summed E-state index contributed by atoms with van der Waals surface area (Å²) in [5, 5.41) is 22.6. The van der Waals surface area contributed by atoms with Gasteiger partial charge in [0, 0.05) is 38.8 Å². The van der Waals surface area contributed by atoms with Gasteiger partial charge in [-0.1, -0.05) is 29.0 Å². The number of aryl methyl sites for hydroxylation is 1. The van der Waals surface area contributed by atoms with E-state index in [0.717, 1.165) is 21.3 Å². The molecule has 3 heterocycles. The van der Waals surface area contributed by atoms with E-state index in [-0.39, 0.29) is 12.6 Å². The third-order valence-corrected chi connectivity index (χ3v) is 6.40. The van der Waals surface area contributed by atoms with Gasteiger partial charge >= 0.3 is 6.03 Å². The Bertz CT molecular complexity index is 1080. The number of anilines is 2. The molecule has 0 unspecified atom stereocenters. The van der Waals surface area contributed by atoms with Crippen molar-refractivity contribution in [2.24, 2.45) is 0 Å². The molecule has 1 saturated heterocycles. The van der Waals surface area contributed by atoms with Crippen molar-refractivity contribution in [1.29, 1.82) is 0 Å². The highest BCUT2D eigenvalue weighted by Crippen LogP contribution is 2.28. The van der Waals surface area contributed by atoms with Gasteiger partial charge < -0.3 is 20.0 Å². The average Bonchev–Trinajstić information content (AvgIpc) is 3.15. The first kappa shape index (κ1) is 21.8. The van der Waals surface area contributed by atoms with Crippen molar-refractivity contribution in [3.63, 3.8) is 0 Å². The lowest BCUT2D eigenvalue weighted by atomic mass is 10.1. The first-order chi connectivity index (χ1) is 14.9. The quantitative estimate of drug-likeness (QED) is 0.540. The molecule has 1 aromatic carbocycles. The first-order valence-corrected chi connectivity index (χ1v) is 11.2. The van der Waals surface area contributed by atoms with E-state index < -0.39 is 6.10 Å². The van der Waals surface area contributed by atoms with Crippen LogP contribution in [0.2, 0.25) is 5.02 Å². The minimum Gasteiger partial charge on any atom is -0.394 e. The molecule has 4 rings (SSSR count). The molecule has 1 aliphatic heterocycles. The number of pyridine rings is 1. The zero-order valence-corrected chi connectivity index (χ0v) is 18.7. The number of carbonyl (C=O) groups excluding carboxylic acids is 1. The third-order valence-electron chi connectivity index (χ3n) is 5.18. The molecule has 31 heavy (non-hydrogen) atoms. The van der Waals surface area contributed by atoms with Crippen molar-refractivity contribution >= 4 is 50.1 Å². The highest BCUT2D eigenvalue weighted by atomic mass is 35.5. The molecule has 2 amide bonds. The van der Waals surface area contributed by atoms with Gasteiger partial charge in [0.15, 0.2) is 5.13 Å². The van der Waals surface area contributed by atoms with Crippen molar-refractivity contribution < 1.29 is 15.0 Å². The van der Waals surface area contributed by atoms with E-state index in [9.17, 15) is 9.90 Å². The van der Waals surface area contributed by atoms with Crippen LogP contribution in [0.1, 0.15) is 11.1 Å². The Labute approximate surface area is 189 Å². The normalized spacial score (nSPS) is 15.4. The van der Waals surface area contributed by atoms with Crippen LogP contribution in [0, 0.1) is 6.92 Å². The summed E-state index contributed by atoms with van der Waals surface area (Å²) in [6.07, 6.45) is 1.13. The molecule has 0 aliphatic carbocycles. The van der Waals surface area contributed by atoms with E-state index in [1.807, 2.05) is 24.0 Å². The zero-order chi connectivity index (χ0) is 22.0. The number of benzene rings is 1. The monoisotopic (exact) mass is 461 g/mol. The summed E-state index contributed by atoms with van der Waals surface area (Å²) >= 11 is 7.87. The molecule has 164 valence electrons. The number of thiazole rings is 1. The Morgan fingerprint density at radius 1 is 1.29 bits per heavy atom. The SMILES string of the molecule is Cc1ccc2nc(NC(=O)N3CCN(c4ncc(C[C@H](O)CO)cc4Cl)CC3)sc2c1. The molecule has 3 aromatic rings. The van der Waals surface area contributed by atoms with E-state index in [1.165, 1.54) is 11.3 Å². The highest BCUT2D eigenvalue weighted by molar-refractivity contribution is 7.22. The van der Waals surface area contributed by atoms with Gasteiger partial charge in [-0.3, -0.25) is 5.32 Å². The Morgan fingerprint density at radius 2 is 2.06 bits per heavy atom. The van der Waals surface area contributed by atoms with Crippen LogP contribution in [0.3, 0.4) is 0 Å². The predicted octanol–water partition coefficient (Wildman–Crippen LogP) is 2.90. The molecule has 0 spiro atoms. The first-order valence-electron chi connectivity index (χ1n) is 10.0. The summed E-state index contributed by atoms with van der Waals surface area (Å²) < 4.78 is 1.05. The lowest BCUT2D eigenvalue weighted by Gasteiger charge is -2.35. The van der Waals surface area contributed by atoms with Crippen molar-refractivity contribution in [3.05, 3.63) is 46.6 Å². The van der Waals surface area contributed by atoms with E-state index in [2.05, 4.69) is 21.4 Å². The Hall–Kier alpha value is -2.46. The van der Waals surface area contributed by atoms with E-state index in [0.29, 0.717) is 48.6 Å². The largest absolute Gasteiger partial charge is 0.394 e. The second-order valence-corrected chi connectivity index (χ2v) is 9.02. The van der Waals surface area contributed by atoms with Gasteiger partial charge in [-0.05, 0) is 36.2 Å². The lowest BCUT2D eigenvalue weighted by molar-refractivity contribution is 0.0954. The van der Waals surface area contributed by atoms with Gasteiger partial charge in [0.25, 0.3) is 0 Å². The predicted molar refractivity (Wildman–Crippen MR) is 123 cm³/mol. The molecule has 3 N–H and O–H groups in total. The number of fused-ring (bicyclic) bond motifs is 1. The minimum atomic E-state index is -0.828. The molecule has 0 radical (unpaired) electrons. The van der Waals surface area contributed by atoms with Crippen molar-refractivity contribution in [2.45, 2.75) is 19.4 Å². The van der Waals surface area contributed by atoms with Gasteiger partial charge in [-0.25, -0.2) is 14.8 Å². The molecule has 1 fully saturated rings. The summed E-state index contributed by atoms with van der Waals surface area (Å²) in [5.74, 6) is 0.658. The van der Waals surface area contributed by atoms with Crippen LogP contribution in [0.25, 0.3) is 10.2 Å². The number of rotatable bonds is 5. The number of urea groups is 1. The van der Waals surface area contributed by atoms with Gasteiger partial charge in [0.1, 0.15) is 5.82 Å². The molecule has 0 saturated carbocycles. The van der Waals surface area contributed by atoms with Crippen molar-refractivity contribution in [1.82, 2.24) is 14.9 Å². The Morgan fingerprint density at radius 3 is 2.77 bits per heavy atom. The number of aliphatic hydroxyl groups is 2. The van der Waals surface area contributed by atoms with Crippen LogP contribution in [0.15, 0.2) is 30.5 Å². The number of carbonyl (C=O) groups is 1. The van der Waals surface area contributed by atoms with Crippen molar-refractivity contribution in [2.75, 3.05) is 43.0 Å². The summed E-state index contributed by atoms with van der Waals surface area (Å²) in [5.41, 5.74) is 2.81. The van der Waals surface area contributed by atoms with Crippen molar-refractivity contribution in [3.8, 4) is 0 Å². The van der Waals surface area contributed by atoms with Crippen LogP contribution in [-0.4, -0.2) is 70.0 Å². The molecule has 1 atom stereocenters. The smallest absolute Gasteiger partial charge is 0.323 e. The summed E-state index contributed by atoms with van der Waals surface area (Å²) in [6, 6.07) is 7.63. The maximum Gasteiger partial charge on any atom is 0.323 e. The fourth-order valence-corrected chi connectivity index (χ4v) is 4.79. The summed E-state index contributed by atoms with van der Waals surface area (Å²) in [7, 11) is 0. The maximum atomic E-state index is 12.7. The molecule has 2 aromatic heterocycles.